The summed E-state index contributed by atoms with van der Waals surface area (Å²) >= 11 is 3.48. The van der Waals surface area contributed by atoms with Crippen molar-refractivity contribution in [1.82, 2.24) is 15.2 Å². The normalized spacial score (nSPS) is 10.4. The van der Waals surface area contributed by atoms with Crippen LogP contribution >= 0.6 is 15.9 Å². The van der Waals surface area contributed by atoms with Gasteiger partial charge in [0.05, 0.1) is 6.20 Å². The first kappa shape index (κ1) is 15.4. The molecule has 0 unspecified atom stereocenters. The molecular formula is C16H13BrFN5. The molecule has 2 N–H and O–H groups in total. The fourth-order valence-corrected chi connectivity index (χ4v) is 2.31. The van der Waals surface area contributed by atoms with E-state index in [2.05, 4.69) is 41.7 Å². The molecule has 0 saturated heterocycles. The van der Waals surface area contributed by atoms with Gasteiger partial charge in [-0.15, -0.1) is 5.10 Å². The Bertz CT molecular complexity index is 840. The second-order valence-electron chi connectivity index (χ2n) is 4.89. The highest BCUT2D eigenvalue weighted by Crippen LogP contribution is 2.23. The molecule has 0 aliphatic heterocycles. The molecule has 23 heavy (non-hydrogen) atoms. The third-order valence-electron chi connectivity index (χ3n) is 3.08. The predicted octanol–water partition coefficient (Wildman–Crippen LogP) is 4.57. The molecule has 0 aliphatic carbocycles. The number of rotatable bonds is 4. The minimum atomic E-state index is -0.320. The lowest BCUT2D eigenvalue weighted by atomic mass is 10.2. The van der Waals surface area contributed by atoms with Crippen molar-refractivity contribution >= 4 is 39.1 Å². The maximum atomic E-state index is 13.2. The number of benzene rings is 2. The van der Waals surface area contributed by atoms with Gasteiger partial charge in [0.2, 0.25) is 5.95 Å². The number of halogens is 2. The molecular weight excluding hydrogens is 361 g/mol. The van der Waals surface area contributed by atoms with Crippen molar-refractivity contribution in [2.24, 2.45) is 0 Å². The van der Waals surface area contributed by atoms with Crippen LogP contribution in [0.5, 0.6) is 0 Å². The summed E-state index contributed by atoms with van der Waals surface area (Å²) in [5, 5.41) is 13.9. The minimum Gasteiger partial charge on any atom is -0.339 e. The topological polar surface area (TPSA) is 62.7 Å². The van der Waals surface area contributed by atoms with Crippen molar-refractivity contribution in [3.8, 4) is 0 Å². The van der Waals surface area contributed by atoms with Gasteiger partial charge in [0.25, 0.3) is 0 Å². The molecule has 1 heterocycles. The number of aryl methyl sites for hydroxylation is 1. The van der Waals surface area contributed by atoms with Crippen LogP contribution in [0.25, 0.3) is 0 Å². The second kappa shape index (κ2) is 6.70. The summed E-state index contributed by atoms with van der Waals surface area (Å²) in [6.07, 6.45) is 1.47. The zero-order valence-electron chi connectivity index (χ0n) is 12.2. The van der Waals surface area contributed by atoms with Crippen molar-refractivity contribution in [2.45, 2.75) is 6.92 Å². The molecule has 0 atom stereocenters. The fraction of sp³-hybridized carbons (Fsp3) is 0.0625. The van der Waals surface area contributed by atoms with E-state index in [0.717, 1.165) is 15.7 Å². The average molecular weight is 374 g/mol. The van der Waals surface area contributed by atoms with E-state index in [1.54, 1.807) is 12.1 Å². The number of anilines is 4. The SMILES string of the molecule is Cc1ccc(Nc2nncc(Nc3cccc(F)c3)n2)cc1Br. The number of nitrogens with zero attached hydrogens (tertiary/aromatic N) is 3. The van der Waals surface area contributed by atoms with Gasteiger partial charge in [-0.25, -0.2) is 4.39 Å². The van der Waals surface area contributed by atoms with Crippen LogP contribution in [0, 0.1) is 12.7 Å². The molecule has 0 aliphatic rings. The molecule has 0 fully saturated rings. The third kappa shape index (κ3) is 4.01. The molecule has 0 bridgehead atoms. The molecule has 0 radical (unpaired) electrons. The number of hydrogen-bond acceptors (Lipinski definition) is 5. The number of hydrogen-bond donors (Lipinski definition) is 2. The van der Waals surface area contributed by atoms with Crippen molar-refractivity contribution in [1.29, 1.82) is 0 Å². The van der Waals surface area contributed by atoms with Crippen molar-refractivity contribution < 1.29 is 4.39 Å². The Morgan fingerprint density at radius 3 is 2.65 bits per heavy atom. The quantitative estimate of drug-likeness (QED) is 0.701. The Labute approximate surface area is 141 Å². The van der Waals surface area contributed by atoms with Crippen LogP contribution in [0.4, 0.5) is 27.5 Å². The van der Waals surface area contributed by atoms with Gasteiger partial charge in [0, 0.05) is 15.8 Å². The van der Waals surface area contributed by atoms with E-state index in [1.165, 1.54) is 18.3 Å². The van der Waals surface area contributed by atoms with E-state index in [-0.39, 0.29) is 5.82 Å². The maximum absolute atomic E-state index is 13.2. The molecule has 7 heteroatoms. The summed E-state index contributed by atoms with van der Waals surface area (Å²) in [5.41, 5.74) is 2.57. The Balaban J connectivity index is 1.78. The van der Waals surface area contributed by atoms with E-state index < -0.39 is 0 Å². The first-order valence-corrected chi connectivity index (χ1v) is 7.65. The van der Waals surface area contributed by atoms with E-state index >= 15 is 0 Å². The second-order valence-corrected chi connectivity index (χ2v) is 5.74. The fourth-order valence-electron chi connectivity index (χ4n) is 1.93. The van der Waals surface area contributed by atoms with Gasteiger partial charge in [0.15, 0.2) is 5.82 Å². The smallest absolute Gasteiger partial charge is 0.249 e. The molecule has 0 saturated carbocycles. The zero-order valence-corrected chi connectivity index (χ0v) is 13.8. The van der Waals surface area contributed by atoms with E-state index in [9.17, 15) is 4.39 Å². The first-order valence-electron chi connectivity index (χ1n) is 6.86. The number of aromatic nitrogens is 3. The van der Waals surface area contributed by atoms with Crippen molar-refractivity contribution in [2.75, 3.05) is 10.6 Å². The molecule has 0 spiro atoms. The zero-order chi connectivity index (χ0) is 16.2. The lowest BCUT2D eigenvalue weighted by Crippen LogP contribution is -2.02. The lowest BCUT2D eigenvalue weighted by molar-refractivity contribution is 0.628. The highest BCUT2D eigenvalue weighted by atomic mass is 79.9. The molecule has 3 rings (SSSR count). The predicted molar refractivity (Wildman–Crippen MR) is 91.7 cm³/mol. The summed E-state index contributed by atoms with van der Waals surface area (Å²) in [4.78, 5) is 4.31. The monoisotopic (exact) mass is 373 g/mol. The van der Waals surface area contributed by atoms with Gasteiger partial charge in [-0.1, -0.05) is 28.1 Å². The van der Waals surface area contributed by atoms with E-state index in [1.807, 2.05) is 25.1 Å². The van der Waals surface area contributed by atoms with Crippen LogP contribution in [0.2, 0.25) is 0 Å². The third-order valence-corrected chi connectivity index (χ3v) is 3.94. The van der Waals surface area contributed by atoms with Crippen LogP contribution in [-0.2, 0) is 0 Å². The van der Waals surface area contributed by atoms with Gasteiger partial charge >= 0.3 is 0 Å². The first-order chi connectivity index (χ1) is 11.1. The minimum absolute atomic E-state index is 0.320. The maximum Gasteiger partial charge on any atom is 0.249 e. The van der Waals surface area contributed by atoms with Crippen molar-refractivity contribution in [3.63, 3.8) is 0 Å². The summed E-state index contributed by atoms with van der Waals surface area (Å²) in [6, 6.07) is 12.0. The Kier molecular flexibility index (Phi) is 4.47. The van der Waals surface area contributed by atoms with Crippen LogP contribution < -0.4 is 10.6 Å². The Morgan fingerprint density at radius 2 is 1.87 bits per heavy atom. The highest BCUT2D eigenvalue weighted by Gasteiger charge is 2.04. The van der Waals surface area contributed by atoms with Gasteiger partial charge in [-0.3, -0.25) is 0 Å². The summed E-state index contributed by atoms with van der Waals surface area (Å²) in [5.74, 6) is 0.501. The average Bonchev–Trinajstić information content (AvgIpc) is 2.51. The summed E-state index contributed by atoms with van der Waals surface area (Å²) in [6.45, 7) is 2.01. The molecule has 0 amide bonds. The number of nitrogens with one attached hydrogen (secondary N) is 2. The van der Waals surface area contributed by atoms with Gasteiger partial charge < -0.3 is 10.6 Å². The summed E-state index contributed by atoms with van der Waals surface area (Å²) in [7, 11) is 0. The Morgan fingerprint density at radius 1 is 1.04 bits per heavy atom. The van der Waals surface area contributed by atoms with Crippen molar-refractivity contribution in [3.05, 3.63) is 64.5 Å². The largest absolute Gasteiger partial charge is 0.339 e. The van der Waals surface area contributed by atoms with E-state index in [4.69, 9.17) is 0 Å². The molecule has 3 aromatic rings. The molecule has 116 valence electrons. The molecule has 1 aromatic heterocycles. The highest BCUT2D eigenvalue weighted by molar-refractivity contribution is 9.10. The Hall–Kier alpha value is -2.54. The van der Waals surface area contributed by atoms with Gasteiger partial charge in [-0.05, 0) is 42.8 Å². The van der Waals surface area contributed by atoms with E-state index in [0.29, 0.717) is 17.5 Å². The standard InChI is InChI=1S/C16H13BrFN5/c1-10-5-6-13(8-14(10)17)21-16-22-15(9-19-23-16)20-12-4-2-3-11(18)7-12/h2-9H,1H3,(H2,20,21,22,23). The van der Waals surface area contributed by atoms with Gasteiger partial charge in [0.1, 0.15) is 5.82 Å². The molecule has 2 aromatic carbocycles. The van der Waals surface area contributed by atoms with Crippen LogP contribution in [0.1, 0.15) is 5.56 Å². The van der Waals surface area contributed by atoms with Gasteiger partial charge in [-0.2, -0.15) is 10.1 Å². The molecule has 5 nitrogen and oxygen atoms in total. The van der Waals surface area contributed by atoms with Crippen LogP contribution in [0.15, 0.2) is 53.1 Å². The van der Waals surface area contributed by atoms with Crippen LogP contribution in [-0.4, -0.2) is 15.2 Å². The summed E-state index contributed by atoms with van der Waals surface area (Å²) < 4.78 is 14.2. The van der Waals surface area contributed by atoms with Crippen LogP contribution in [0.3, 0.4) is 0 Å². The lowest BCUT2D eigenvalue weighted by Gasteiger charge is -2.08.